The molecule has 2 N–H and O–H groups in total. The van der Waals surface area contributed by atoms with Crippen molar-refractivity contribution < 1.29 is 9.84 Å². The minimum atomic E-state index is -0.451. The van der Waals surface area contributed by atoms with Crippen LogP contribution in [0.25, 0.3) is 0 Å². The van der Waals surface area contributed by atoms with E-state index in [1.807, 2.05) is 6.07 Å². The van der Waals surface area contributed by atoms with Gasteiger partial charge in [-0.15, -0.1) is 0 Å². The largest absolute Gasteiger partial charge is 0.389 e. The Kier molecular flexibility index (Phi) is 4.58. The number of nitrogens with zero attached hydrogens (tertiary/aromatic N) is 1. The van der Waals surface area contributed by atoms with Crippen molar-refractivity contribution in [1.82, 2.24) is 5.32 Å². The van der Waals surface area contributed by atoms with Gasteiger partial charge < -0.3 is 20.1 Å². The summed E-state index contributed by atoms with van der Waals surface area (Å²) in [5.41, 5.74) is 2.50. The lowest BCUT2D eigenvalue weighted by atomic mass is 10.1. The smallest absolute Gasteiger partial charge is 0.0947 e. The molecule has 0 aliphatic carbocycles. The van der Waals surface area contributed by atoms with E-state index >= 15 is 0 Å². The van der Waals surface area contributed by atoms with Crippen molar-refractivity contribution in [1.29, 1.82) is 0 Å². The number of hydrogen-bond donors (Lipinski definition) is 2. The van der Waals surface area contributed by atoms with Gasteiger partial charge in [0, 0.05) is 38.5 Å². The van der Waals surface area contributed by atoms with Crippen molar-refractivity contribution in [3.8, 4) is 0 Å². The van der Waals surface area contributed by atoms with Crippen LogP contribution < -0.4 is 10.2 Å². The minimum absolute atomic E-state index is 0.375. The zero-order chi connectivity index (χ0) is 13.0. The number of benzene rings is 1. The zero-order valence-electron chi connectivity index (χ0n) is 11.1. The Morgan fingerprint density at radius 2 is 2.28 bits per heavy atom. The molecule has 0 bridgehead atoms. The van der Waals surface area contributed by atoms with Crippen molar-refractivity contribution in [3.05, 3.63) is 29.8 Å². The molecular weight excluding hydrogens is 228 g/mol. The molecule has 0 amide bonds. The van der Waals surface area contributed by atoms with Gasteiger partial charge in [0.15, 0.2) is 0 Å². The summed E-state index contributed by atoms with van der Waals surface area (Å²) in [6.07, 6.45) is -0.451. The third-order valence-corrected chi connectivity index (χ3v) is 3.26. The van der Waals surface area contributed by atoms with E-state index in [1.54, 1.807) is 7.11 Å². The van der Waals surface area contributed by atoms with E-state index in [-0.39, 0.29) is 0 Å². The highest BCUT2D eigenvalue weighted by molar-refractivity contribution is 5.54. The molecule has 2 rings (SSSR count). The summed E-state index contributed by atoms with van der Waals surface area (Å²) in [5, 5.41) is 13.4. The topological polar surface area (TPSA) is 44.7 Å². The third kappa shape index (κ3) is 3.22. The number of rotatable bonds is 4. The lowest BCUT2D eigenvalue weighted by molar-refractivity contribution is 0.0687. The van der Waals surface area contributed by atoms with Gasteiger partial charge in [0.1, 0.15) is 0 Å². The molecule has 1 aromatic rings. The summed E-state index contributed by atoms with van der Waals surface area (Å²) in [6, 6.07) is 8.77. The number of aliphatic hydroxyl groups is 1. The van der Waals surface area contributed by atoms with Crippen LogP contribution in [0.15, 0.2) is 24.3 Å². The number of anilines is 1. The summed E-state index contributed by atoms with van der Waals surface area (Å²) in [7, 11) is 1.61. The maximum atomic E-state index is 9.92. The Labute approximate surface area is 109 Å². The molecule has 2 atom stereocenters. The first kappa shape index (κ1) is 13.3. The van der Waals surface area contributed by atoms with E-state index in [2.05, 4.69) is 35.3 Å². The molecule has 4 nitrogen and oxygen atoms in total. The molecule has 4 heteroatoms. The molecule has 1 aliphatic heterocycles. The predicted octanol–water partition coefficient (Wildman–Crippen LogP) is 0.992. The quantitative estimate of drug-likeness (QED) is 0.836. The fourth-order valence-corrected chi connectivity index (χ4v) is 2.42. The Morgan fingerprint density at radius 1 is 1.50 bits per heavy atom. The number of nitrogens with one attached hydrogen (secondary N) is 1. The van der Waals surface area contributed by atoms with E-state index in [9.17, 15) is 5.11 Å². The van der Waals surface area contributed by atoms with Crippen molar-refractivity contribution >= 4 is 5.69 Å². The Hall–Kier alpha value is -1.10. The molecule has 0 aromatic heterocycles. The standard InChI is InChI=1S/C14H22N2O2/c1-11-8-16(9-13(17)10-18-2)14-6-4-3-5-12(14)7-15-11/h3-6,11,13,15,17H,7-10H2,1-2H3. The van der Waals surface area contributed by atoms with Crippen LogP contribution in [0.2, 0.25) is 0 Å². The molecule has 0 saturated heterocycles. The van der Waals surface area contributed by atoms with Gasteiger partial charge in [-0.2, -0.15) is 0 Å². The summed E-state index contributed by atoms with van der Waals surface area (Å²) in [6.45, 7) is 4.94. The second-order valence-electron chi connectivity index (χ2n) is 4.92. The van der Waals surface area contributed by atoms with Crippen molar-refractivity contribution in [2.24, 2.45) is 0 Å². The van der Waals surface area contributed by atoms with E-state index in [0.29, 0.717) is 19.2 Å². The zero-order valence-corrected chi connectivity index (χ0v) is 11.1. The SMILES string of the molecule is COCC(O)CN1CC(C)NCc2ccccc21. The van der Waals surface area contributed by atoms with E-state index in [0.717, 1.165) is 13.1 Å². The number of para-hydroxylation sites is 1. The first-order chi connectivity index (χ1) is 8.70. The molecule has 0 spiro atoms. The monoisotopic (exact) mass is 250 g/mol. The summed E-state index contributed by atoms with van der Waals surface area (Å²) in [4.78, 5) is 2.24. The molecule has 2 unspecified atom stereocenters. The molecule has 1 aliphatic rings. The number of aliphatic hydroxyl groups excluding tert-OH is 1. The van der Waals surface area contributed by atoms with Crippen LogP contribution >= 0.6 is 0 Å². The van der Waals surface area contributed by atoms with Crippen molar-refractivity contribution in [3.63, 3.8) is 0 Å². The highest BCUT2D eigenvalue weighted by Gasteiger charge is 2.20. The maximum Gasteiger partial charge on any atom is 0.0947 e. The number of fused-ring (bicyclic) bond motifs is 1. The molecule has 1 aromatic carbocycles. The first-order valence-corrected chi connectivity index (χ1v) is 6.44. The molecule has 18 heavy (non-hydrogen) atoms. The van der Waals surface area contributed by atoms with Gasteiger partial charge >= 0.3 is 0 Å². The van der Waals surface area contributed by atoms with Gasteiger partial charge in [-0.25, -0.2) is 0 Å². The van der Waals surface area contributed by atoms with Crippen LogP contribution in [0.1, 0.15) is 12.5 Å². The molecule has 0 radical (unpaired) electrons. The van der Waals surface area contributed by atoms with E-state index < -0.39 is 6.10 Å². The highest BCUT2D eigenvalue weighted by Crippen LogP contribution is 2.23. The summed E-state index contributed by atoms with van der Waals surface area (Å²) < 4.78 is 5.00. The molecule has 0 saturated carbocycles. The third-order valence-electron chi connectivity index (χ3n) is 3.26. The van der Waals surface area contributed by atoms with Crippen LogP contribution in [-0.4, -0.2) is 44.1 Å². The average molecular weight is 250 g/mol. The number of ether oxygens (including phenoxy) is 1. The molecule has 100 valence electrons. The summed E-state index contributed by atoms with van der Waals surface area (Å²) in [5.74, 6) is 0. The van der Waals surface area contributed by atoms with Crippen LogP contribution in [-0.2, 0) is 11.3 Å². The van der Waals surface area contributed by atoms with Crippen LogP contribution in [0.5, 0.6) is 0 Å². The van der Waals surface area contributed by atoms with Gasteiger partial charge in [-0.05, 0) is 18.6 Å². The van der Waals surface area contributed by atoms with E-state index in [1.165, 1.54) is 11.3 Å². The van der Waals surface area contributed by atoms with Crippen molar-refractivity contribution in [2.45, 2.75) is 25.6 Å². The number of β-amino-alcohol motifs (C(OH)–C–C–N with tert-alkyl or cyclic N) is 1. The van der Waals surface area contributed by atoms with Crippen LogP contribution in [0.4, 0.5) is 5.69 Å². The van der Waals surface area contributed by atoms with Gasteiger partial charge in [0.2, 0.25) is 0 Å². The Morgan fingerprint density at radius 3 is 3.06 bits per heavy atom. The molecule has 1 heterocycles. The summed E-state index contributed by atoms with van der Waals surface area (Å²) >= 11 is 0. The van der Waals surface area contributed by atoms with Gasteiger partial charge in [-0.3, -0.25) is 0 Å². The normalized spacial score (nSPS) is 21.3. The fourth-order valence-electron chi connectivity index (χ4n) is 2.42. The van der Waals surface area contributed by atoms with Crippen LogP contribution in [0, 0.1) is 0 Å². The van der Waals surface area contributed by atoms with E-state index in [4.69, 9.17) is 4.74 Å². The Bertz CT molecular complexity index is 384. The number of hydrogen-bond acceptors (Lipinski definition) is 4. The van der Waals surface area contributed by atoms with Crippen LogP contribution in [0.3, 0.4) is 0 Å². The fraction of sp³-hybridized carbons (Fsp3) is 0.571. The average Bonchev–Trinajstić information content (AvgIpc) is 2.50. The number of methoxy groups -OCH3 is 1. The van der Waals surface area contributed by atoms with Gasteiger partial charge in [0.05, 0.1) is 12.7 Å². The molecule has 0 fully saturated rings. The lowest BCUT2D eigenvalue weighted by Gasteiger charge is -2.28. The second-order valence-corrected chi connectivity index (χ2v) is 4.92. The van der Waals surface area contributed by atoms with Crippen molar-refractivity contribution in [2.75, 3.05) is 31.7 Å². The lowest BCUT2D eigenvalue weighted by Crippen LogP contribution is -2.41. The highest BCUT2D eigenvalue weighted by atomic mass is 16.5. The predicted molar refractivity (Wildman–Crippen MR) is 72.8 cm³/mol. The van der Waals surface area contributed by atoms with Gasteiger partial charge in [0.25, 0.3) is 0 Å². The Balaban J connectivity index is 2.16. The van der Waals surface area contributed by atoms with Gasteiger partial charge in [-0.1, -0.05) is 18.2 Å². The second kappa shape index (κ2) is 6.18. The first-order valence-electron chi connectivity index (χ1n) is 6.44. The minimum Gasteiger partial charge on any atom is -0.389 e. The maximum absolute atomic E-state index is 9.92. The molecular formula is C14H22N2O2.